The van der Waals surface area contributed by atoms with E-state index in [4.69, 9.17) is 0 Å². The number of alkyl halides is 12. The summed E-state index contributed by atoms with van der Waals surface area (Å²) >= 11 is 0. The molecule has 0 radical (unpaired) electrons. The molecule has 0 unspecified atom stereocenters. The number of benzene rings is 4. The van der Waals surface area contributed by atoms with E-state index >= 15 is 0 Å². The zero-order valence-electron chi connectivity index (χ0n) is 22.0. The Labute approximate surface area is 238 Å². The van der Waals surface area contributed by atoms with Gasteiger partial charge in [-0.05, 0) is 66.5 Å². The fourth-order valence-electron chi connectivity index (χ4n) is 5.04. The molecule has 0 heterocycles. The van der Waals surface area contributed by atoms with Gasteiger partial charge in [0.15, 0.2) is 0 Å². The van der Waals surface area contributed by atoms with Crippen LogP contribution in [0.2, 0.25) is 0 Å². The predicted octanol–water partition coefficient (Wildman–Crippen LogP) is 9.80. The lowest BCUT2D eigenvalue weighted by molar-refractivity contribution is -0.146. The van der Waals surface area contributed by atoms with Crippen molar-refractivity contribution in [2.75, 3.05) is 0 Å². The molecule has 0 nitrogen and oxygen atoms in total. The van der Waals surface area contributed by atoms with Gasteiger partial charge in [0.05, 0.1) is 22.3 Å². The van der Waals surface area contributed by atoms with Crippen molar-refractivity contribution in [1.82, 2.24) is 0 Å². The topological polar surface area (TPSA) is 0 Å². The summed E-state index contributed by atoms with van der Waals surface area (Å²) in [6, 6.07) is 15.4. The van der Waals surface area contributed by atoms with Gasteiger partial charge < -0.3 is 0 Å². The first-order chi connectivity index (χ1) is 19.7. The largest absolute Gasteiger partial charge is 0.417 e. The van der Waals surface area contributed by atoms with Crippen LogP contribution in [0.3, 0.4) is 0 Å². The summed E-state index contributed by atoms with van der Waals surface area (Å²) in [5.74, 6) is 0. The summed E-state index contributed by atoms with van der Waals surface area (Å²) in [5.41, 5.74) is -12.9. The van der Waals surface area contributed by atoms with Gasteiger partial charge in [-0.1, -0.05) is 66.7 Å². The smallest absolute Gasteiger partial charge is 0.166 e. The van der Waals surface area contributed by atoms with E-state index in [9.17, 15) is 52.7 Å². The first-order valence-corrected chi connectivity index (χ1v) is 13.6. The standard InChI is InChI=1S/C30H19F12P/c1-16-21(27(31,32)33)14-13-20(25(16)29(37,38)39)24-23(15-22(28(34,35)36)17(2)26(24)30(40,41)42)43(18-9-5-3-6-10-18)19-11-7-4-8-12-19/h3-15H,1-2H3. The Bertz CT molecular complexity index is 1580. The van der Waals surface area contributed by atoms with Crippen LogP contribution in [0.25, 0.3) is 11.1 Å². The molecule has 4 aromatic rings. The highest BCUT2D eigenvalue weighted by Gasteiger charge is 2.47. The van der Waals surface area contributed by atoms with Crippen LogP contribution in [0.15, 0.2) is 78.9 Å². The maximum Gasteiger partial charge on any atom is 0.417 e. The molecule has 0 aliphatic heterocycles. The van der Waals surface area contributed by atoms with Crippen molar-refractivity contribution < 1.29 is 52.7 Å². The summed E-state index contributed by atoms with van der Waals surface area (Å²) in [7, 11) is -2.41. The first kappa shape index (κ1) is 32.4. The molecule has 0 fully saturated rings. The highest BCUT2D eigenvalue weighted by Crippen LogP contribution is 2.51. The van der Waals surface area contributed by atoms with Crippen molar-refractivity contribution in [3.05, 3.63) is 112 Å². The molecule has 4 aromatic carbocycles. The quantitative estimate of drug-likeness (QED) is 0.154. The molecule has 0 N–H and O–H groups in total. The van der Waals surface area contributed by atoms with E-state index in [0.717, 1.165) is 0 Å². The third-order valence-electron chi connectivity index (χ3n) is 6.75. The van der Waals surface area contributed by atoms with E-state index in [1.54, 1.807) is 0 Å². The Hall–Kier alpha value is -3.53. The van der Waals surface area contributed by atoms with Crippen LogP contribution < -0.4 is 15.9 Å². The molecular formula is C30H19F12P. The highest BCUT2D eigenvalue weighted by atomic mass is 31.1. The van der Waals surface area contributed by atoms with E-state index in [1.807, 2.05) is 0 Å². The van der Waals surface area contributed by atoms with E-state index in [2.05, 4.69) is 0 Å². The van der Waals surface area contributed by atoms with Crippen molar-refractivity contribution in [3.63, 3.8) is 0 Å². The molecule has 0 aromatic heterocycles. The average Bonchev–Trinajstić information content (AvgIpc) is 2.87. The van der Waals surface area contributed by atoms with Crippen LogP contribution in [-0.4, -0.2) is 0 Å². The zero-order valence-corrected chi connectivity index (χ0v) is 22.9. The van der Waals surface area contributed by atoms with E-state index in [-0.39, 0.29) is 22.7 Å². The normalized spacial score (nSPS) is 13.1. The lowest BCUT2D eigenvalue weighted by atomic mass is 9.86. The van der Waals surface area contributed by atoms with Gasteiger partial charge in [-0.3, -0.25) is 0 Å². The summed E-state index contributed by atoms with van der Waals surface area (Å²) in [6.45, 7) is 0.951. The van der Waals surface area contributed by atoms with Gasteiger partial charge in [0.2, 0.25) is 0 Å². The molecule has 0 saturated carbocycles. The first-order valence-electron chi connectivity index (χ1n) is 12.2. The van der Waals surface area contributed by atoms with Crippen molar-refractivity contribution in [2.24, 2.45) is 0 Å². The number of rotatable bonds is 4. The number of hydrogen-bond acceptors (Lipinski definition) is 0. The molecule has 0 spiro atoms. The minimum Gasteiger partial charge on any atom is -0.166 e. The second kappa shape index (κ2) is 11.2. The van der Waals surface area contributed by atoms with Crippen LogP contribution in [0, 0.1) is 13.8 Å². The summed E-state index contributed by atoms with van der Waals surface area (Å²) in [4.78, 5) is 0. The van der Waals surface area contributed by atoms with Crippen LogP contribution in [0.1, 0.15) is 33.4 Å². The molecule has 4 rings (SSSR count). The van der Waals surface area contributed by atoms with Gasteiger partial charge in [-0.25, -0.2) is 0 Å². The lowest BCUT2D eigenvalue weighted by Crippen LogP contribution is -2.29. The molecule has 0 atom stereocenters. The van der Waals surface area contributed by atoms with E-state index < -0.39 is 82.4 Å². The monoisotopic (exact) mass is 638 g/mol. The van der Waals surface area contributed by atoms with Crippen LogP contribution >= 0.6 is 7.92 Å². The van der Waals surface area contributed by atoms with Crippen LogP contribution in [-0.2, 0) is 24.7 Å². The fraction of sp³-hybridized carbons (Fsp3) is 0.200. The molecule has 0 saturated heterocycles. The predicted molar refractivity (Wildman–Crippen MR) is 140 cm³/mol. The maximum atomic E-state index is 14.8. The van der Waals surface area contributed by atoms with Gasteiger partial charge in [0.25, 0.3) is 0 Å². The minimum atomic E-state index is -5.64. The zero-order chi connectivity index (χ0) is 32.1. The van der Waals surface area contributed by atoms with Crippen molar-refractivity contribution in [1.29, 1.82) is 0 Å². The third kappa shape index (κ3) is 6.39. The fourth-order valence-corrected chi connectivity index (χ4v) is 7.55. The Morgan fingerprint density at radius 2 is 0.884 bits per heavy atom. The van der Waals surface area contributed by atoms with Crippen LogP contribution in [0.5, 0.6) is 0 Å². The maximum absolute atomic E-state index is 14.8. The Morgan fingerprint density at radius 1 is 0.465 bits per heavy atom. The second-order valence-corrected chi connectivity index (χ2v) is 11.7. The van der Waals surface area contributed by atoms with Crippen LogP contribution in [0.4, 0.5) is 52.7 Å². The summed E-state index contributed by atoms with van der Waals surface area (Å²) in [6.07, 6.45) is -21.9. The van der Waals surface area contributed by atoms with Crippen molar-refractivity contribution in [2.45, 2.75) is 38.6 Å². The SMILES string of the molecule is Cc1c(C(F)(F)F)ccc(-c2c(P(c3ccccc3)c3ccccc3)cc(C(F)(F)F)c(C)c2C(F)(F)F)c1C(F)(F)F. The summed E-state index contributed by atoms with van der Waals surface area (Å²) in [5, 5.41) is -0.346. The van der Waals surface area contributed by atoms with Gasteiger partial charge in [-0.2, -0.15) is 52.7 Å². The van der Waals surface area contributed by atoms with E-state index in [1.165, 1.54) is 60.7 Å². The molecule has 0 aliphatic carbocycles. The third-order valence-corrected chi connectivity index (χ3v) is 9.21. The Kier molecular flexibility index (Phi) is 8.43. The molecule has 0 aliphatic rings. The highest BCUT2D eigenvalue weighted by molar-refractivity contribution is 7.80. The molecule has 43 heavy (non-hydrogen) atoms. The van der Waals surface area contributed by atoms with Gasteiger partial charge in [-0.15, -0.1) is 0 Å². The molecule has 228 valence electrons. The van der Waals surface area contributed by atoms with Gasteiger partial charge in [0.1, 0.15) is 0 Å². The van der Waals surface area contributed by atoms with Crippen molar-refractivity contribution >= 4 is 23.8 Å². The van der Waals surface area contributed by atoms with Gasteiger partial charge in [0, 0.05) is 5.56 Å². The van der Waals surface area contributed by atoms with Gasteiger partial charge >= 0.3 is 24.7 Å². The molecular weight excluding hydrogens is 619 g/mol. The van der Waals surface area contributed by atoms with E-state index in [0.29, 0.717) is 19.9 Å². The Balaban J connectivity index is 2.33. The average molecular weight is 638 g/mol. The second-order valence-electron chi connectivity index (χ2n) is 9.48. The number of halogens is 12. The Morgan fingerprint density at radius 3 is 1.28 bits per heavy atom. The molecule has 0 amide bonds. The lowest BCUT2D eigenvalue weighted by Gasteiger charge is -2.30. The van der Waals surface area contributed by atoms with Crippen molar-refractivity contribution in [3.8, 4) is 11.1 Å². The molecule has 0 bridgehead atoms. The summed E-state index contributed by atoms with van der Waals surface area (Å²) < 4.78 is 172. The number of hydrogen-bond donors (Lipinski definition) is 0. The minimum absolute atomic E-state index is 0.201. The molecule has 13 heteroatoms.